The van der Waals surface area contributed by atoms with Crippen LogP contribution in [0.5, 0.6) is 0 Å². The van der Waals surface area contributed by atoms with E-state index in [0.717, 1.165) is 11.8 Å². The molecule has 1 atom stereocenters. The van der Waals surface area contributed by atoms with Gasteiger partial charge in [-0.25, -0.2) is 0 Å². The summed E-state index contributed by atoms with van der Waals surface area (Å²) in [7, 11) is 0. The summed E-state index contributed by atoms with van der Waals surface area (Å²) in [5.74, 6) is 2.46. The molecule has 4 heteroatoms. The van der Waals surface area contributed by atoms with Gasteiger partial charge in [0.05, 0.1) is 5.54 Å². The number of rotatable bonds is 3. The molecule has 2 rings (SSSR count). The number of nitrogens with two attached hydrogens (primary N) is 1. The lowest BCUT2D eigenvalue weighted by Crippen LogP contribution is -2.30. The first-order valence-electron chi connectivity index (χ1n) is 5.11. The molecule has 1 fully saturated rings. The molecule has 1 aliphatic carbocycles. The van der Waals surface area contributed by atoms with E-state index < -0.39 is 5.54 Å². The van der Waals surface area contributed by atoms with Gasteiger partial charge in [-0.1, -0.05) is 12.1 Å². The first-order valence-corrected chi connectivity index (χ1v) is 5.11. The van der Waals surface area contributed by atoms with E-state index in [0.29, 0.717) is 11.7 Å². The molecule has 78 valence electrons. The largest absolute Gasteiger partial charge is 0.339 e. The highest BCUT2D eigenvalue weighted by Gasteiger charge is 2.33. The fourth-order valence-electron chi connectivity index (χ4n) is 1.48. The van der Waals surface area contributed by atoms with Crippen molar-refractivity contribution in [2.24, 2.45) is 11.7 Å². The number of hydrogen-bond acceptors (Lipinski definition) is 4. The Morgan fingerprint density at radius 1 is 1.50 bits per heavy atom. The van der Waals surface area contributed by atoms with Crippen molar-refractivity contribution in [1.29, 1.82) is 0 Å². The molecule has 1 aromatic rings. The third-order valence-corrected chi connectivity index (χ3v) is 2.74. The molecule has 14 heavy (non-hydrogen) atoms. The molecule has 1 heterocycles. The van der Waals surface area contributed by atoms with Gasteiger partial charge in [-0.3, -0.25) is 0 Å². The topological polar surface area (TPSA) is 64.9 Å². The van der Waals surface area contributed by atoms with Crippen molar-refractivity contribution < 1.29 is 4.52 Å². The van der Waals surface area contributed by atoms with E-state index in [4.69, 9.17) is 10.3 Å². The summed E-state index contributed by atoms with van der Waals surface area (Å²) < 4.78 is 5.21. The summed E-state index contributed by atoms with van der Waals surface area (Å²) in [6.45, 7) is 5.89. The molecule has 0 bridgehead atoms. The molecular formula is C10H17N3O. The van der Waals surface area contributed by atoms with Crippen molar-refractivity contribution >= 4 is 0 Å². The van der Waals surface area contributed by atoms with Gasteiger partial charge in [-0.15, -0.1) is 0 Å². The van der Waals surface area contributed by atoms with Crippen molar-refractivity contribution in [1.82, 2.24) is 10.1 Å². The number of nitrogens with zero attached hydrogens (tertiary/aromatic N) is 2. The Morgan fingerprint density at radius 2 is 2.14 bits per heavy atom. The number of aromatic nitrogens is 2. The van der Waals surface area contributed by atoms with Gasteiger partial charge in [0, 0.05) is 5.92 Å². The molecule has 0 radical (unpaired) electrons. The van der Waals surface area contributed by atoms with E-state index in [1.807, 2.05) is 13.8 Å². The van der Waals surface area contributed by atoms with Gasteiger partial charge in [0.2, 0.25) is 5.89 Å². The first-order chi connectivity index (χ1) is 6.48. The van der Waals surface area contributed by atoms with Gasteiger partial charge in [-0.2, -0.15) is 4.98 Å². The SMILES string of the molecule is CC(c1nc(C(C)(C)N)no1)C1CC1. The highest BCUT2D eigenvalue weighted by atomic mass is 16.5. The second kappa shape index (κ2) is 3.05. The van der Waals surface area contributed by atoms with Crippen LogP contribution in [0, 0.1) is 5.92 Å². The van der Waals surface area contributed by atoms with E-state index in [9.17, 15) is 0 Å². The zero-order chi connectivity index (χ0) is 10.3. The minimum Gasteiger partial charge on any atom is -0.339 e. The fraction of sp³-hybridized carbons (Fsp3) is 0.800. The summed E-state index contributed by atoms with van der Waals surface area (Å²) in [5, 5.41) is 3.91. The predicted molar refractivity (Wildman–Crippen MR) is 52.7 cm³/mol. The van der Waals surface area contributed by atoms with E-state index in [1.165, 1.54) is 12.8 Å². The summed E-state index contributed by atoms with van der Waals surface area (Å²) >= 11 is 0. The first kappa shape index (κ1) is 9.65. The van der Waals surface area contributed by atoms with Gasteiger partial charge >= 0.3 is 0 Å². The zero-order valence-corrected chi connectivity index (χ0v) is 8.95. The normalized spacial score (nSPS) is 19.7. The molecule has 0 aromatic carbocycles. The Hall–Kier alpha value is -0.900. The average molecular weight is 195 g/mol. The van der Waals surface area contributed by atoms with Gasteiger partial charge in [-0.05, 0) is 32.6 Å². The third kappa shape index (κ3) is 1.80. The van der Waals surface area contributed by atoms with Crippen LogP contribution >= 0.6 is 0 Å². The molecule has 1 aromatic heterocycles. The van der Waals surface area contributed by atoms with Gasteiger partial charge in [0.1, 0.15) is 0 Å². The summed E-state index contributed by atoms with van der Waals surface area (Å²) in [5.41, 5.74) is 5.37. The number of hydrogen-bond donors (Lipinski definition) is 1. The molecule has 0 saturated heterocycles. The fourth-order valence-corrected chi connectivity index (χ4v) is 1.48. The molecule has 1 aliphatic rings. The molecule has 0 aliphatic heterocycles. The lowest BCUT2D eigenvalue weighted by molar-refractivity contribution is 0.337. The van der Waals surface area contributed by atoms with Crippen LogP contribution in [0.1, 0.15) is 51.2 Å². The van der Waals surface area contributed by atoms with Crippen LogP contribution in [0.2, 0.25) is 0 Å². The van der Waals surface area contributed by atoms with Crippen LogP contribution in [0.15, 0.2) is 4.52 Å². The Kier molecular flexibility index (Phi) is 2.10. The molecular weight excluding hydrogens is 178 g/mol. The Morgan fingerprint density at radius 3 is 2.57 bits per heavy atom. The smallest absolute Gasteiger partial charge is 0.229 e. The third-order valence-electron chi connectivity index (χ3n) is 2.74. The van der Waals surface area contributed by atoms with Crippen LogP contribution in [-0.4, -0.2) is 10.1 Å². The minimum absolute atomic E-state index is 0.388. The van der Waals surface area contributed by atoms with Crippen molar-refractivity contribution in [3.63, 3.8) is 0 Å². The van der Waals surface area contributed by atoms with Gasteiger partial charge in [0.15, 0.2) is 5.82 Å². The van der Waals surface area contributed by atoms with Crippen LogP contribution in [-0.2, 0) is 5.54 Å². The second-order valence-electron chi connectivity index (χ2n) is 4.80. The highest BCUT2D eigenvalue weighted by Crippen LogP contribution is 2.41. The lowest BCUT2D eigenvalue weighted by Gasteiger charge is -2.11. The monoisotopic (exact) mass is 195 g/mol. The maximum absolute atomic E-state index is 5.88. The molecule has 2 N–H and O–H groups in total. The van der Waals surface area contributed by atoms with E-state index >= 15 is 0 Å². The van der Waals surface area contributed by atoms with E-state index in [1.54, 1.807) is 0 Å². The van der Waals surface area contributed by atoms with Crippen LogP contribution in [0.3, 0.4) is 0 Å². The quantitative estimate of drug-likeness (QED) is 0.798. The average Bonchev–Trinajstić information content (AvgIpc) is 2.79. The standard InChI is InChI=1S/C10H17N3O/c1-6(7-4-5-7)8-12-9(13-14-8)10(2,3)11/h6-7H,4-5,11H2,1-3H3. The summed E-state index contributed by atoms with van der Waals surface area (Å²) in [6.07, 6.45) is 2.57. The van der Waals surface area contributed by atoms with Crippen LogP contribution < -0.4 is 5.73 Å². The molecule has 1 saturated carbocycles. The van der Waals surface area contributed by atoms with E-state index in [-0.39, 0.29) is 0 Å². The van der Waals surface area contributed by atoms with Crippen molar-refractivity contribution in [3.05, 3.63) is 11.7 Å². The summed E-state index contributed by atoms with van der Waals surface area (Å²) in [6, 6.07) is 0. The molecule has 0 spiro atoms. The molecule has 4 nitrogen and oxygen atoms in total. The zero-order valence-electron chi connectivity index (χ0n) is 8.95. The maximum atomic E-state index is 5.88. The molecule has 1 unspecified atom stereocenters. The Labute approximate surface area is 83.9 Å². The van der Waals surface area contributed by atoms with Crippen LogP contribution in [0.4, 0.5) is 0 Å². The van der Waals surface area contributed by atoms with Crippen molar-refractivity contribution in [3.8, 4) is 0 Å². The Bertz CT molecular complexity index is 322. The Balaban J connectivity index is 2.16. The van der Waals surface area contributed by atoms with E-state index in [2.05, 4.69) is 17.1 Å². The van der Waals surface area contributed by atoms with Crippen LogP contribution in [0.25, 0.3) is 0 Å². The van der Waals surface area contributed by atoms with Gasteiger partial charge < -0.3 is 10.3 Å². The predicted octanol–water partition coefficient (Wildman–Crippen LogP) is 1.78. The summed E-state index contributed by atoms with van der Waals surface area (Å²) in [4.78, 5) is 4.34. The lowest BCUT2D eigenvalue weighted by atomic mass is 10.1. The van der Waals surface area contributed by atoms with Gasteiger partial charge in [0.25, 0.3) is 0 Å². The van der Waals surface area contributed by atoms with Crippen molar-refractivity contribution in [2.75, 3.05) is 0 Å². The second-order valence-corrected chi connectivity index (χ2v) is 4.80. The van der Waals surface area contributed by atoms with Crippen molar-refractivity contribution in [2.45, 2.75) is 45.1 Å². The molecule has 0 amide bonds. The highest BCUT2D eigenvalue weighted by molar-refractivity contribution is 5.04. The maximum Gasteiger partial charge on any atom is 0.229 e. The minimum atomic E-state index is -0.509.